The standard InChI is InChI=1S/C18H24N2O4/c1-3-5-6-7-8-9-10-11-12-13-15(21)14-16(22)17(20-19)18(23)24-4-2/h10-11H,3-9,14H2,1-2H3/b11-10+. The monoisotopic (exact) mass is 332 g/mol. The summed E-state index contributed by atoms with van der Waals surface area (Å²) in [7, 11) is 0. The summed E-state index contributed by atoms with van der Waals surface area (Å²) in [6, 6.07) is 0. The zero-order valence-corrected chi connectivity index (χ0v) is 14.3. The van der Waals surface area contributed by atoms with E-state index in [9.17, 15) is 14.4 Å². The molecule has 0 fully saturated rings. The van der Waals surface area contributed by atoms with Gasteiger partial charge in [-0.05, 0) is 31.8 Å². The predicted molar refractivity (Wildman–Crippen MR) is 90.2 cm³/mol. The van der Waals surface area contributed by atoms with E-state index in [0.29, 0.717) is 0 Å². The van der Waals surface area contributed by atoms with Crippen LogP contribution in [0.2, 0.25) is 0 Å². The zero-order valence-electron chi connectivity index (χ0n) is 14.3. The van der Waals surface area contributed by atoms with Crippen LogP contribution in [0.15, 0.2) is 12.2 Å². The lowest BCUT2D eigenvalue weighted by atomic mass is 10.1. The number of carbonyl (C=O) groups is 3. The number of ketones is 2. The SMILES string of the molecule is CCCCCCC/C=C/C#CC(=O)CC(=O)C(=[N+]=[N-])C(=O)OCC. The summed E-state index contributed by atoms with van der Waals surface area (Å²) in [5, 5.41) is 0. The lowest BCUT2D eigenvalue weighted by Crippen LogP contribution is -2.28. The summed E-state index contributed by atoms with van der Waals surface area (Å²) >= 11 is 0. The second-order valence-corrected chi connectivity index (χ2v) is 5.07. The summed E-state index contributed by atoms with van der Waals surface area (Å²) in [4.78, 5) is 37.1. The van der Waals surface area contributed by atoms with E-state index in [1.54, 1.807) is 13.0 Å². The number of hydrogen-bond acceptors (Lipinski definition) is 4. The average molecular weight is 332 g/mol. The molecule has 0 aromatic heterocycles. The first-order chi connectivity index (χ1) is 11.6. The molecule has 0 bridgehead atoms. The van der Waals surface area contributed by atoms with Crippen molar-refractivity contribution in [2.45, 2.75) is 58.8 Å². The first-order valence-electron chi connectivity index (χ1n) is 8.18. The van der Waals surface area contributed by atoms with Gasteiger partial charge >= 0.3 is 11.7 Å². The topological polar surface area (TPSA) is 96.8 Å². The molecule has 0 N–H and O–H groups in total. The van der Waals surface area contributed by atoms with Crippen LogP contribution in [0.25, 0.3) is 5.53 Å². The Labute approximate surface area is 142 Å². The molecule has 0 spiro atoms. The van der Waals surface area contributed by atoms with E-state index < -0.39 is 29.7 Å². The molecule has 0 aliphatic heterocycles. The summed E-state index contributed by atoms with van der Waals surface area (Å²) in [6.07, 6.45) is 9.67. The highest BCUT2D eigenvalue weighted by atomic mass is 16.5. The molecule has 0 saturated carbocycles. The summed E-state index contributed by atoms with van der Waals surface area (Å²) in [5.74, 6) is 2.21. The molecule has 0 saturated heterocycles. The van der Waals surface area contributed by atoms with Crippen LogP contribution in [0.5, 0.6) is 0 Å². The molecule has 0 radical (unpaired) electrons. The van der Waals surface area contributed by atoms with Crippen molar-refractivity contribution in [3.05, 3.63) is 17.7 Å². The first kappa shape index (κ1) is 21.5. The first-order valence-corrected chi connectivity index (χ1v) is 8.18. The van der Waals surface area contributed by atoms with Gasteiger partial charge in [0.2, 0.25) is 5.78 Å². The minimum atomic E-state index is -1.06. The maximum absolute atomic E-state index is 11.7. The Kier molecular flexibility index (Phi) is 12.6. The number of Topliss-reactive ketones (excluding diaryl/α,β-unsaturated/α-hetero) is 2. The second-order valence-electron chi connectivity index (χ2n) is 5.07. The van der Waals surface area contributed by atoms with Gasteiger partial charge in [-0.2, -0.15) is 4.79 Å². The number of carbonyl (C=O) groups excluding carboxylic acids is 3. The van der Waals surface area contributed by atoms with E-state index in [2.05, 4.69) is 28.3 Å². The number of hydrogen-bond donors (Lipinski definition) is 0. The van der Waals surface area contributed by atoms with Crippen LogP contribution in [0.3, 0.4) is 0 Å². The van der Waals surface area contributed by atoms with Crippen molar-refractivity contribution in [1.29, 1.82) is 0 Å². The molecule has 0 rings (SSSR count). The van der Waals surface area contributed by atoms with Crippen LogP contribution < -0.4 is 0 Å². The molecule has 0 heterocycles. The fourth-order valence-electron chi connectivity index (χ4n) is 1.81. The third-order valence-corrected chi connectivity index (χ3v) is 3.04. The molecule has 0 aliphatic carbocycles. The number of esters is 1. The highest BCUT2D eigenvalue weighted by molar-refractivity contribution is 6.63. The van der Waals surface area contributed by atoms with E-state index in [1.807, 2.05) is 6.08 Å². The number of nitrogens with zero attached hydrogens (tertiary/aromatic N) is 2. The molecule has 0 aliphatic rings. The molecular weight excluding hydrogens is 308 g/mol. The molecular formula is C18H24N2O4. The average Bonchev–Trinajstić information content (AvgIpc) is 2.54. The molecule has 0 atom stereocenters. The van der Waals surface area contributed by atoms with Crippen molar-refractivity contribution in [3.8, 4) is 11.8 Å². The van der Waals surface area contributed by atoms with Gasteiger partial charge < -0.3 is 10.3 Å². The van der Waals surface area contributed by atoms with Crippen LogP contribution in [0.4, 0.5) is 0 Å². The van der Waals surface area contributed by atoms with Gasteiger partial charge in [-0.3, -0.25) is 9.59 Å². The van der Waals surface area contributed by atoms with Gasteiger partial charge in [-0.1, -0.05) is 44.6 Å². The second kappa shape index (κ2) is 14.1. The van der Waals surface area contributed by atoms with E-state index in [-0.39, 0.29) is 6.61 Å². The van der Waals surface area contributed by atoms with Gasteiger partial charge in [-0.25, -0.2) is 4.79 Å². The fraction of sp³-hybridized carbons (Fsp3) is 0.556. The Morgan fingerprint density at radius 1 is 1.12 bits per heavy atom. The van der Waals surface area contributed by atoms with Crippen molar-refractivity contribution in [2.75, 3.05) is 6.61 Å². The molecule has 0 aromatic rings. The number of allylic oxidation sites excluding steroid dienone is 2. The van der Waals surface area contributed by atoms with Crippen LogP contribution in [-0.2, 0) is 19.1 Å². The van der Waals surface area contributed by atoms with Gasteiger partial charge in [0.25, 0.3) is 5.78 Å². The van der Waals surface area contributed by atoms with Crippen LogP contribution in [-0.4, -0.2) is 34.6 Å². The Morgan fingerprint density at radius 3 is 2.46 bits per heavy atom. The summed E-state index contributed by atoms with van der Waals surface area (Å²) in [5.41, 5.74) is 7.87. The predicted octanol–water partition coefficient (Wildman–Crippen LogP) is 2.67. The molecule has 130 valence electrons. The van der Waals surface area contributed by atoms with Crippen molar-refractivity contribution in [3.63, 3.8) is 0 Å². The number of ether oxygens (including phenoxy) is 1. The quantitative estimate of drug-likeness (QED) is 0.0849. The number of unbranched alkanes of at least 4 members (excludes halogenated alkanes) is 5. The van der Waals surface area contributed by atoms with Crippen molar-refractivity contribution in [2.24, 2.45) is 0 Å². The third-order valence-electron chi connectivity index (χ3n) is 3.04. The van der Waals surface area contributed by atoms with Gasteiger partial charge in [-0.15, -0.1) is 0 Å². The van der Waals surface area contributed by atoms with Crippen LogP contribution in [0, 0.1) is 11.8 Å². The molecule has 0 amide bonds. The minimum Gasteiger partial charge on any atom is -0.457 e. The summed E-state index contributed by atoms with van der Waals surface area (Å²) in [6.45, 7) is 3.74. The van der Waals surface area contributed by atoms with E-state index in [0.717, 1.165) is 12.8 Å². The van der Waals surface area contributed by atoms with Crippen molar-refractivity contribution in [1.82, 2.24) is 0 Å². The van der Waals surface area contributed by atoms with Gasteiger partial charge in [0.05, 0.1) is 13.0 Å². The maximum Gasteiger partial charge on any atom is 0.441 e. The van der Waals surface area contributed by atoms with E-state index in [4.69, 9.17) is 5.53 Å². The van der Waals surface area contributed by atoms with Crippen molar-refractivity contribution < 1.29 is 23.9 Å². The minimum absolute atomic E-state index is 0.0299. The lowest BCUT2D eigenvalue weighted by Gasteiger charge is -1.95. The molecule has 6 nitrogen and oxygen atoms in total. The largest absolute Gasteiger partial charge is 0.457 e. The lowest BCUT2D eigenvalue weighted by molar-refractivity contribution is -0.141. The highest BCUT2D eigenvalue weighted by Crippen LogP contribution is 2.04. The Hall–Kier alpha value is -2.51. The molecule has 6 heteroatoms. The summed E-state index contributed by atoms with van der Waals surface area (Å²) < 4.78 is 4.55. The molecule has 0 aromatic carbocycles. The van der Waals surface area contributed by atoms with Gasteiger partial charge in [0.1, 0.15) is 0 Å². The van der Waals surface area contributed by atoms with Gasteiger partial charge in [0.15, 0.2) is 0 Å². The van der Waals surface area contributed by atoms with Gasteiger partial charge in [0, 0.05) is 0 Å². The van der Waals surface area contributed by atoms with E-state index >= 15 is 0 Å². The maximum atomic E-state index is 11.7. The normalized spacial score (nSPS) is 9.75. The zero-order chi connectivity index (χ0) is 18.2. The molecule has 24 heavy (non-hydrogen) atoms. The Balaban J connectivity index is 4.24. The highest BCUT2D eigenvalue weighted by Gasteiger charge is 2.31. The Bertz CT molecular complexity index is 576. The van der Waals surface area contributed by atoms with Crippen molar-refractivity contribution >= 4 is 23.2 Å². The Morgan fingerprint density at radius 2 is 1.83 bits per heavy atom. The van der Waals surface area contributed by atoms with Crippen LogP contribution in [0.1, 0.15) is 58.8 Å². The van der Waals surface area contributed by atoms with E-state index in [1.165, 1.54) is 25.7 Å². The third kappa shape index (κ3) is 10.3. The smallest absolute Gasteiger partial charge is 0.441 e. The molecule has 0 unspecified atom stereocenters. The number of rotatable bonds is 11. The fourth-order valence-corrected chi connectivity index (χ4v) is 1.81. The van der Waals surface area contributed by atoms with Crippen LogP contribution >= 0.6 is 0 Å².